The van der Waals surface area contributed by atoms with Gasteiger partial charge in [0.2, 0.25) is 0 Å². The van der Waals surface area contributed by atoms with Gasteiger partial charge in [-0.2, -0.15) is 0 Å². The third kappa shape index (κ3) is 3.40. The van der Waals surface area contributed by atoms with Crippen molar-refractivity contribution < 1.29 is 0 Å². The van der Waals surface area contributed by atoms with E-state index in [4.69, 9.17) is 0 Å². The summed E-state index contributed by atoms with van der Waals surface area (Å²) in [7, 11) is 1.90. The van der Waals surface area contributed by atoms with Crippen molar-refractivity contribution in [2.45, 2.75) is 6.54 Å². The summed E-state index contributed by atoms with van der Waals surface area (Å²) >= 11 is 0. The zero-order chi connectivity index (χ0) is 9.52. The van der Waals surface area contributed by atoms with E-state index in [-0.39, 0.29) is 5.43 Å². The van der Waals surface area contributed by atoms with Crippen molar-refractivity contribution in [3.63, 3.8) is 0 Å². The summed E-state index contributed by atoms with van der Waals surface area (Å²) in [6.07, 6.45) is 3.37. The normalized spacial score (nSPS) is 10.2. The molecule has 0 aliphatic carbocycles. The maximum Gasteiger partial charge on any atom is 0.186 e. The van der Waals surface area contributed by atoms with E-state index in [1.54, 1.807) is 12.4 Å². The molecule has 0 spiro atoms. The number of pyridine rings is 1. The van der Waals surface area contributed by atoms with Crippen LogP contribution in [0, 0.1) is 0 Å². The Morgan fingerprint density at radius 1 is 1.46 bits per heavy atom. The third-order valence-corrected chi connectivity index (χ3v) is 1.77. The maximum absolute atomic E-state index is 11.2. The maximum atomic E-state index is 11.2. The van der Waals surface area contributed by atoms with Crippen molar-refractivity contribution in [1.29, 1.82) is 0 Å². The predicted octanol–water partition coefficient (Wildman–Crippen LogP) is -0.316. The Kier molecular flexibility index (Phi) is 4.21. The lowest BCUT2D eigenvalue weighted by molar-refractivity contribution is 0.648. The monoisotopic (exact) mass is 181 g/mol. The van der Waals surface area contributed by atoms with Crippen molar-refractivity contribution in [2.75, 3.05) is 20.1 Å². The van der Waals surface area contributed by atoms with E-state index in [0.29, 0.717) is 6.54 Å². The summed E-state index contributed by atoms with van der Waals surface area (Å²) in [6.45, 7) is 2.40. The van der Waals surface area contributed by atoms with Gasteiger partial charge in [0.25, 0.3) is 0 Å². The van der Waals surface area contributed by atoms with Crippen molar-refractivity contribution in [2.24, 2.45) is 0 Å². The van der Waals surface area contributed by atoms with Crippen LogP contribution in [0.1, 0.15) is 5.56 Å². The molecule has 0 atom stereocenters. The zero-order valence-corrected chi connectivity index (χ0v) is 7.76. The van der Waals surface area contributed by atoms with Crippen LogP contribution in [-0.4, -0.2) is 25.1 Å². The van der Waals surface area contributed by atoms with Gasteiger partial charge >= 0.3 is 0 Å². The van der Waals surface area contributed by atoms with E-state index in [0.717, 1.165) is 18.7 Å². The van der Waals surface area contributed by atoms with Gasteiger partial charge in [-0.05, 0) is 7.05 Å². The molecule has 0 bridgehead atoms. The molecular weight excluding hydrogens is 166 g/mol. The van der Waals surface area contributed by atoms with E-state index in [2.05, 4.69) is 15.6 Å². The van der Waals surface area contributed by atoms with Crippen molar-refractivity contribution in [1.82, 2.24) is 15.6 Å². The number of hydrogen-bond acceptors (Lipinski definition) is 3. The van der Waals surface area contributed by atoms with E-state index in [1.807, 2.05) is 7.05 Å². The first-order valence-electron chi connectivity index (χ1n) is 4.36. The largest absolute Gasteiger partial charge is 0.367 e. The lowest BCUT2D eigenvalue weighted by atomic mass is 10.3. The van der Waals surface area contributed by atoms with Gasteiger partial charge in [-0.25, -0.2) is 0 Å². The fraction of sp³-hybridized carbons (Fsp3) is 0.444. The fourth-order valence-electron chi connectivity index (χ4n) is 1.03. The van der Waals surface area contributed by atoms with Gasteiger partial charge in [0, 0.05) is 43.7 Å². The molecule has 0 fully saturated rings. The van der Waals surface area contributed by atoms with Crippen molar-refractivity contribution >= 4 is 0 Å². The Morgan fingerprint density at radius 2 is 2.31 bits per heavy atom. The van der Waals surface area contributed by atoms with Crippen LogP contribution in [0.4, 0.5) is 0 Å². The molecular formula is C9H15N3O. The molecule has 0 saturated heterocycles. The first-order valence-corrected chi connectivity index (χ1v) is 4.36. The van der Waals surface area contributed by atoms with Crippen LogP contribution in [0.25, 0.3) is 0 Å². The number of nitrogens with one attached hydrogen (secondary N) is 3. The van der Waals surface area contributed by atoms with Gasteiger partial charge in [-0.15, -0.1) is 0 Å². The molecule has 1 aromatic heterocycles. The average molecular weight is 181 g/mol. The predicted molar refractivity (Wildman–Crippen MR) is 52.7 cm³/mol. The number of hydrogen-bond donors (Lipinski definition) is 3. The standard InChI is InChI=1S/C9H15N3O/c1-10-4-5-12-7-8-6-11-3-2-9(8)13/h2-3,6,10,12H,4-5,7H2,1H3,(H,11,13). The van der Waals surface area contributed by atoms with Crippen LogP contribution in [0.15, 0.2) is 23.3 Å². The summed E-state index contributed by atoms with van der Waals surface area (Å²) in [4.78, 5) is 14.1. The van der Waals surface area contributed by atoms with Crippen LogP contribution in [0.2, 0.25) is 0 Å². The van der Waals surface area contributed by atoms with E-state index >= 15 is 0 Å². The Balaban J connectivity index is 2.37. The van der Waals surface area contributed by atoms with Crippen molar-refractivity contribution in [3.8, 4) is 0 Å². The molecule has 0 radical (unpaired) electrons. The van der Waals surface area contributed by atoms with Gasteiger partial charge in [0.15, 0.2) is 5.43 Å². The number of aromatic nitrogens is 1. The molecule has 0 amide bonds. The van der Waals surface area contributed by atoms with Gasteiger partial charge in [0.05, 0.1) is 0 Å². The van der Waals surface area contributed by atoms with Crippen LogP contribution < -0.4 is 16.1 Å². The SMILES string of the molecule is CNCCNCc1c[nH]ccc1=O. The second-order valence-electron chi connectivity index (χ2n) is 2.81. The summed E-state index contributed by atoms with van der Waals surface area (Å²) in [5, 5.41) is 6.18. The van der Waals surface area contributed by atoms with Crippen LogP contribution >= 0.6 is 0 Å². The van der Waals surface area contributed by atoms with Crippen molar-refractivity contribution in [3.05, 3.63) is 34.2 Å². The summed E-state index contributed by atoms with van der Waals surface area (Å²) in [5.74, 6) is 0. The van der Waals surface area contributed by atoms with Crippen LogP contribution in [-0.2, 0) is 6.54 Å². The summed E-state index contributed by atoms with van der Waals surface area (Å²) < 4.78 is 0. The van der Waals surface area contributed by atoms with Gasteiger partial charge in [-0.3, -0.25) is 4.79 Å². The van der Waals surface area contributed by atoms with E-state index < -0.39 is 0 Å². The highest BCUT2D eigenvalue weighted by Gasteiger charge is 1.95. The Labute approximate surface area is 77.4 Å². The molecule has 4 heteroatoms. The molecule has 0 unspecified atom stereocenters. The minimum absolute atomic E-state index is 0.0794. The van der Waals surface area contributed by atoms with Gasteiger partial charge in [-0.1, -0.05) is 0 Å². The highest BCUT2D eigenvalue weighted by atomic mass is 16.1. The summed E-state index contributed by atoms with van der Waals surface area (Å²) in [5.41, 5.74) is 0.856. The first-order chi connectivity index (χ1) is 6.34. The number of aromatic amines is 1. The molecule has 72 valence electrons. The molecule has 0 aromatic carbocycles. The molecule has 0 aliphatic heterocycles. The zero-order valence-electron chi connectivity index (χ0n) is 7.76. The molecule has 4 nitrogen and oxygen atoms in total. The highest BCUT2D eigenvalue weighted by Crippen LogP contribution is 1.85. The lowest BCUT2D eigenvalue weighted by Gasteiger charge is -2.02. The molecule has 3 N–H and O–H groups in total. The average Bonchev–Trinajstić information content (AvgIpc) is 2.15. The molecule has 0 saturated carbocycles. The number of likely N-dealkylation sites (N-methyl/N-ethyl adjacent to an activating group) is 1. The Morgan fingerprint density at radius 3 is 3.00 bits per heavy atom. The molecule has 1 aromatic rings. The molecule has 0 aliphatic rings. The smallest absolute Gasteiger partial charge is 0.186 e. The Bertz CT molecular complexity index is 295. The van der Waals surface area contributed by atoms with E-state index in [1.165, 1.54) is 6.07 Å². The minimum atomic E-state index is 0.0794. The van der Waals surface area contributed by atoms with Crippen LogP contribution in [0.3, 0.4) is 0 Å². The lowest BCUT2D eigenvalue weighted by Crippen LogP contribution is -2.26. The van der Waals surface area contributed by atoms with Gasteiger partial charge < -0.3 is 15.6 Å². The highest BCUT2D eigenvalue weighted by molar-refractivity contribution is 5.08. The number of H-pyrrole nitrogens is 1. The third-order valence-electron chi connectivity index (χ3n) is 1.77. The van der Waals surface area contributed by atoms with Gasteiger partial charge in [0.1, 0.15) is 0 Å². The molecule has 1 rings (SSSR count). The minimum Gasteiger partial charge on any atom is -0.367 e. The van der Waals surface area contributed by atoms with E-state index in [9.17, 15) is 4.79 Å². The Hall–Kier alpha value is -1.13. The first kappa shape index (κ1) is 9.95. The number of rotatable bonds is 5. The fourth-order valence-corrected chi connectivity index (χ4v) is 1.03. The molecule has 1 heterocycles. The van der Waals surface area contributed by atoms with Crippen LogP contribution in [0.5, 0.6) is 0 Å². The molecule has 13 heavy (non-hydrogen) atoms. The summed E-state index contributed by atoms with van der Waals surface area (Å²) in [6, 6.07) is 1.54. The topological polar surface area (TPSA) is 56.9 Å². The second kappa shape index (κ2) is 5.50. The second-order valence-corrected chi connectivity index (χ2v) is 2.81. The quantitative estimate of drug-likeness (QED) is 0.546.